The third-order valence-electron chi connectivity index (χ3n) is 4.21. The van der Waals surface area contributed by atoms with E-state index < -0.39 is 0 Å². The summed E-state index contributed by atoms with van der Waals surface area (Å²) in [5.74, 6) is 0.777. The second kappa shape index (κ2) is 6.71. The Kier molecular flexibility index (Phi) is 5.22. The van der Waals surface area contributed by atoms with Gasteiger partial charge in [-0.15, -0.1) is 11.3 Å². The van der Waals surface area contributed by atoms with Crippen LogP contribution in [0, 0.1) is 12.8 Å². The number of rotatable bonds is 5. The number of anilines is 1. The van der Waals surface area contributed by atoms with Crippen LogP contribution in [0.15, 0.2) is 0 Å². The summed E-state index contributed by atoms with van der Waals surface area (Å²) < 4.78 is 0. The van der Waals surface area contributed by atoms with Gasteiger partial charge in [0.25, 0.3) is 0 Å². The zero-order chi connectivity index (χ0) is 13.8. The molecule has 0 saturated carbocycles. The van der Waals surface area contributed by atoms with Gasteiger partial charge in [-0.3, -0.25) is 0 Å². The number of aryl methyl sites for hydroxylation is 1. The molecule has 0 bridgehead atoms. The van der Waals surface area contributed by atoms with Gasteiger partial charge >= 0.3 is 0 Å². The number of piperidine rings is 1. The molecule has 108 valence electrons. The molecule has 19 heavy (non-hydrogen) atoms. The lowest BCUT2D eigenvalue weighted by atomic mass is 9.93. The lowest BCUT2D eigenvalue weighted by Gasteiger charge is -2.37. The average molecular weight is 281 g/mol. The number of hydrogen-bond donors (Lipinski definition) is 1. The second-order valence-corrected chi connectivity index (χ2v) is 6.80. The third-order valence-corrected chi connectivity index (χ3v) is 5.41. The molecule has 0 radical (unpaired) electrons. The van der Waals surface area contributed by atoms with Crippen molar-refractivity contribution in [3.8, 4) is 0 Å². The van der Waals surface area contributed by atoms with Gasteiger partial charge in [0, 0.05) is 24.0 Å². The first-order valence-corrected chi connectivity index (χ1v) is 8.38. The molecular weight excluding hydrogens is 254 g/mol. The number of thiazole rings is 1. The Hall–Kier alpha value is -0.610. The van der Waals surface area contributed by atoms with Crippen LogP contribution >= 0.6 is 11.3 Å². The van der Waals surface area contributed by atoms with Crippen LogP contribution in [0.5, 0.6) is 0 Å². The largest absolute Gasteiger partial charge is 0.345 e. The molecule has 1 aliphatic heterocycles. The first-order valence-electron chi connectivity index (χ1n) is 7.57. The van der Waals surface area contributed by atoms with E-state index in [1.54, 1.807) is 0 Å². The van der Waals surface area contributed by atoms with Crippen molar-refractivity contribution in [2.45, 2.75) is 59.5 Å². The number of aromatic nitrogens is 1. The molecule has 1 N–H and O–H groups in total. The minimum absolute atomic E-state index is 0.621. The van der Waals surface area contributed by atoms with E-state index in [1.165, 1.54) is 41.5 Å². The molecule has 1 fully saturated rings. The van der Waals surface area contributed by atoms with Crippen LogP contribution in [-0.2, 0) is 6.54 Å². The fourth-order valence-electron chi connectivity index (χ4n) is 2.68. The van der Waals surface area contributed by atoms with Gasteiger partial charge in [-0.2, -0.15) is 0 Å². The molecule has 2 atom stereocenters. The Morgan fingerprint density at radius 1 is 1.42 bits per heavy atom. The van der Waals surface area contributed by atoms with Crippen LogP contribution < -0.4 is 10.2 Å². The van der Waals surface area contributed by atoms with Crippen LogP contribution in [0.1, 0.15) is 50.6 Å². The van der Waals surface area contributed by atoms with Crippen molar-refractivity contribution in [2.24, 2.45) is 5.92 Å². The van der Waals surface area contributed by atoms with E-state index in [2.05, 4.69) is 37.9 Å². The Morgan fingerprint density at radius 2 is 2.21 bits per heavy atom. The van der Waals surface area contributed by atoms with Crippen LogP contribution in [0.3, 0.4) is 0 Å². The molecule has 2 unspecified atom stereocenters. The van der Waals surface area contributed by atoms with Gasteiger partial charge in [-0.1, -0.05) is 13.8 Å². The summed E-state index contributed by atoms with van der Waals surface area (Å²) in [5.41, 5.74) is 1.20. The van der Waals surface area contributed by atoms with Crippen LogP contribution in [0.25, 0.3) is 0 Å². The third kappa shape index (κ3) is 3.48. The second-order valence-electron chi connectivity index (χ2n) is 5.74. The summed E-state index contributed by atoms with van der Waals surface area (Å²) in [7, 11) is 0. The van der Waals surface area contributed by atoms with Gasteiger partial charge in [0.1, 0.15) is 0 Å². The van der Waals surface area contributed by atoms with Gasteiger partial charge in [-0.25, -0.2) is 4.98 Å². The fraction of sp³-hybridized carbons (Fsp3) is 0.800. The van der Waals surface area contributed by atoms with Crippen molar-refractivity contribution >= 4 is 16.5 Å². The molecule has 0 spiro atoms. The molecule has 2 rings (SSSR count). The topological polar surface area (TPSA) is 28.2 Å². The highest BCUT2D eigenvalue weighted by atomic mass is 32.1. The van der Waals surface area contributed by atoms with Crippen molar-refractivity contribution in [2.75, 3.05) is 18.0 Å². The lowest BCUT2D eigenvalue weighted by Crippen LogP contribution is -2.42. The highest BCUT2D eigenvalue weighted by Crippen LogP contribution is 2.32. The Bertz CT molecular complexity index is 402. The van der Waals surface area contributed by atoms with Gasteiger partial charge in [0.15, 0.2) is 5.13 Å². The number of nitrogens with zero attached hydrogens (tertiary/aromatic N) is 2. The summed E-state index contributed by atoms with van der Waals surface area (Å²) in [6.45, 7) is 12.3. The highest BCUT2D eigenvalue weighted by Gasteiger charge is 2.27. The summed E-state index contributed by atoms with van der Waals surface area (Å²) >= 11 is 1.87. The summed E-state index contributed by atoms with van der Waals surface area (Å²) in [6.07, 6.45) is 3.84. The van der Waals surface area contributed by atoms with Gasteiger partial charge in [0.2, 0.25) is 0 Å². The van der Waals surface area contributed by atoms with Gasteiger partial charge in [0.05, 0.1) is 5.69 Å². The van der Waals surface area contributed by atoms with Crippen molar-refractivity contribution in [1.82, 2.24) is 10.3 Å². The maximum atomic E-state index is 4.80. The lowest BCUT2D eigenvalue weighted by molar-refractivity contribution is 0.363. The number of nitrogens with one attached hydrogen (secondary N) is 1. The molecule has 0 aliphatic carbocycles. The normalized spacial score (nSPS) is 23.9. The van der Waals surface area contributed by atoms with Gasteiger partial charge < -0.3 is 10.2 Å². The summed E-state index contributed by atoms with van der Waals surface area (Å²) in [5, 5.41) is 4.71. The van der Waals surface area contributed by atoms with Crippen molar-refractivity contribution in [1.29, 1.82) is 0 Å². The minimum atomic E-state index is 0.621. The van der Waals surface area contributed by atoms with Crippen molar-refractivity contribution in [3.05, 3.63) is 10.6 Å². The predicted octanol–water partition coefficient (Wildman–Crippen LogP) is 3.58. The van der Waals surface area contributed by atoms with Crippen molar-refractivity contribution < 1.29 is 0 Å². The Balaban J connectivity index is 2.06. The first kappa shape index (κ1) is 14.8. The highest BCUT2D eigenvalue weighted by molar-refractivity contribution is 7.15. The monoisotopic (exact) mass is 281 g/mol. The van der Waals surface area contributed by atoms with E-state index in [0.717, 1.165) is 19.0 Å². The quantitative estimate of drug-likeness (QED) is 0.836. The van der Waals surface area contributed by atoms with Crippen LogP contribution in [0.2, 0.25) is 0 Å². The smallest absolute Gasteiger partial charge is 0.186 e. The Morgan fingerprint density at radius 3 is 2.95 bits per heavy atom. The molecule has 3 nitrogen and oxygen atoms in total. The van der Waals surface area contributed by atoms with E-state index in [0.29, 0.717) is 6.04 Å². The standard InChI is InChI=1S/C15H27N3S/c1-5-8-16-10-14-12(3)17-15(19-14)18-9-6-7-11(2)13(18)4/h11,13,16H,5-10H2,1-4H3. The zero-order valence-electron chi connectivity index (χ0n) is 12.7. The van der Waals surface area contributed by atoms with E-state index in [1.807, 2.05) is 11.3 Å². The Labute approximate surface area is 121 Å². The van der Waals surface area contributed by atoms with E-state index in [4.69, 9.17) is 4.98 Å². The maximum absolute atomic E-state index is 4.80. The molecule has 1 aromatic rings. The molecule has 2 heterocycles. The van der Waals surface area contributed by atoms with Crippen LogP contribution in [-0.4, -0.2) is 24.1 Å². The first-order chi connectivity index (χ1) is 9.13. The molecule has 1 aliphatic rings. The minimum Gasteiger partial charge on any atom is -0.345 e. The maximum Gasteiger partial charge on any atom is 0.186 e. The molecule has 1 saturated heterocycles. The van der Waals surface area contributed by atoms with E-state index in [-0.39, 0.29) is 0 Å². The van der Waals surface area contributed by atoms with E-state index in [9.17, 15) is 0 Å². The van der Waals surface area contributed by atoms with Crippen LogP contribution in [0.4, 0.5) is 5.13 Å². The van der Waals surface area contributed by atoms with Crippen molar-refractivity contribution in [3.63, 3.8) is 0 Å². The number of hydrogen-bond acceptors (Lipinski definition) is 4. The summed E-state index contributed by atoms with van der Waals surface area (Å²) in [6, 6.07) is 0.621. The van der Waals surface area contributed by atoms with E-state index >= 15 is 0 Å². The molecule has 0 amide bonds. The summed E-state index contributed by atoms with van der Waals surface area (Å²) in [4.78, 5) is 8.71. The predicted molar refractivity (Wildman–Crippen MR) is 84.1 cm³/mol. The zero-order valence-corrected chi connectivity index (χ0v) is 13.5. The molecule has 4 heteroatoms. The molecule has 1 aromatic heterocycles. The molecular formula is C15H27N3S. The SMILES string of the molecule is CCCNCc1sc(N2CCCC(C)C2C)nc1C. The average Bonchev–Trinajstić information content (AvgIpc) is 2.75. The fourth-order valence-corrected chi connectivity index (χ4v) is 3.83. The van der Waals surface area contributed by atoms with Gasteiger partial charge in [-0.05, 0) is 45.6 Å². The molecule has 0 aromatic carbocycles.